The third kappa shape index (κ3) is 7.82. The molecule has 148 valence electrons. The molecule has 1 aliphatic rings. The minimum Gasteiger partial charge on any atom is -0.508 e. The van der Waals surface area contributed by atoms with E-state index in [0.717, 1.165) is 56.8 Å². The summed E-state index contributed by atoms with van der Waals surface area (Å²) in [6, 6.07) is 7.72. The standard InChI is InChI=1S/C19H31N3O2S.HI/c1-3-25(24)18-8-4-7-16(14-18)22-19(20-2)21-13-5-6-15-9-11-17(23)12-10-15;/h9-12,16,18,23H,3-8,13-14H2,1-2H3,(H2,20,21,22);1H. The maximum atomic E-state index is 12.1. The van der Waals surface area contributed by atoms with Gasteiger partial charge in [-0.05, 0) is 49.8 Å². The van der Waals surface area contributed by atoms with Crippen LogP contribution in [0.4, 0.5) is 0 Å². The average molecular weight is 493 g/mol. The van der Waals surface area contributed by atoms with Gasteiger partial charge in [-0.15, -0.1) is 24.0 Å². The lowest BCUT2D eigenvalue weighted by Crippen LogP contribution is -2.46. The van der Waals surface area contributed by atoms with Crippen molar-refractivity contribution in [1.82, 2.24) is 10.6 Å². The van der Waals surface area contributed by atoms with Gasteiger partial charge in [-0.25, -0.2) is 0 Å². The maximum Gasteiger partial charge on any atom is 0.191 e. The number of nitrogens with zero attached hydrogens (tertiary/aromatic N) is 1. The van der Waals surface area contributed by atoms with Crippen molar-refractivity contribution in [1.29, 1.82) is 0 Å². The number of hydrogen-bond acceptors (Lipinski definition) is 3. The summed E-state index contributed by atoms with van der Waals surface area (Å²) < 4.78 is 12.1. The highest BCUT2D eigenvalue weighted by atomic mass is 127. The highest BCUT2D eigenvalue weighted by molar-refractivity contribution is 14.0. The van der Waals surface area contributed by atoms with E-state index >= 15 is 0 Å². The number of aromatic hydroxyl groups is 1. The van der Waals surface area contributed by atoms with Gasteiger partial charge in [0.1, 0.15) is 5.75 Å². The summed E-state index contributed by atoms with van der Waals surface area (Å²) >= 11 is 0. The van der Waals surface area contributed by atoms with Crippen LogP contribution in [0.3, 0.4) is 0 Å². The first-order valence-corrected chi connectivity index (χ1v) is 10.6. The lowest BCUT2D eigenvalue weighted by Gasteiger charge is -2.30. The Kier molecular flexibility index (Phi) is 11.2. The summed E-state index contributed by atoms with van der Waals surface area (Å²) in [5.41, 5.74) is 1.22. The van der Waals surface area contributed by atoms with Crippen molar-refractivity contribution >= 4 is 40.7 Å². The molecule has 26 heavy (non-hydrogen) atoms. The van der Waals surface area contributed by atoms with Crippen LogP contribution in [0.15, 0.2) is 29.3 Å². The molecule has 1 aliphatic carbocycles. The topological polar surface area (TPSA) is 73.7 Å². The molecular weight excluding hydrogens is 461 g/mol. The molecule has 1 saturated carbocycles. The molecule has 0 radical (unpaired) electrons. The van der Waals surface area contributed by atoms with Crippen LogP contribution >= 0.6 is 24.0 Å². The minimum absolute atomic E-state index is 0. The summed E-state index contributed by atoms with van der Waals surface area (Å²) in [6.07, 6.45) is 6.26. The number of benzene rings is 1. The van der Waals surface area contributed by atoms with Gasteiger partial charge in [-0.1, -0.05) is 25.5 Å². The van der Waals surface area contributed by atoms with Crippen LogP contribution in [-0.2, 0) is 17.2 Å². The molecule has 0 aliphatic heterocycles. The van der Waals surface area contributed by atoms with E-state index in [9.17, 15) is 9.32 Å². The molecule has 0 saturated heterocycles. The Bertz CT molecular complexity index is 581. The van der Waals surface area contributed by atoms with Crippen molar-refractivity contribution in [3.63, 3.8) is 0 Å². The molecule has 3 atom stereocenters. The molecule has 0 heterocycles. The first kappa shape index (κ1) is 23.2. The smallest absolute Gasteiger partial charge is 0.191 e. The van der Waals surface area contributed by atoms with Crippen LogP contribution < -0.4 is 10.6 Å². The fourth-order valence-electron chi connectivity index (χ4n) is 3.30. The van der Waals surface area contributed by atoms with Crippen molar-refractivity contribution in [2.24, 2.45) is 4.99 Å². The Hall–Kier alpha value is -0.830. The molecule has 1 aromatic carbocycles. The Morgan fingerprint density at radius 3 is 2.69 bits per heavy atom. The number of hydrogen-bond donors (Lipinski definition) is 3. The van der Waals surface area contributed by atoms with Crippen molar-refractivity contribution in [2.75, 3.05) is 19.3 Å². The molecule has 1 aromatic rings. The normalized spacial score (nSPS) is 21.5. The number of guanidine groups is 1. The Morgan fingerprint density at radius 1 is 1.31 bits per heavy atom. The second-order valence-corrected chi connectivity index (χ2v) is 8.57. The number of aliphatic imine (C=N–C) groups is 1. The second-order valence-electron chi connectivity index (χ2n) is 6.57. The predicted octanol–water partition coefficient (Wildman–Crippen LogP) is 3.19. The van der Waals surface area contributed by atoms with Gasteiger partial charge in [0.25, 0.3) is 0 Å². The number of rotatable bonds is 7. The summed E-state index contributed by atoms with van der Waals surface area (Å²) in [5, 5.41) is 16.5. The SMILES string of the molecule is CCS(=O)C1CCCC(NC(=NC)NCCCc2ccc(O)cc2)C1.I. The average Bonchev–Trinajstić information content (AvgIpc) is 2.65. The first-order chi connectivity index (χ1) is 12.1. The Labute approximate surface area is 176 Å². The van der Waals surface area contributed by atoms with Gasteiger partial charge in [0.15, 0.2) is 5.96 Å². The Balaban J connectivity index is 0.00000338. The summed E-state index contributed by atoms with van der Waals surface area (Å²) in [5.74, 6) is 1.89. The van der Waals surface area contributed by atoms with Crippen LogP contribution in [0.1, 0.15) is 44.6 Å². The van der Waals surface area contributed by atoms with Gasteiger partial charge in [-0.2, -0.15) is 0 Å². The van der Waals surface area contributed by atoms with Crippen LogP contribution in [0.25, 0.3) is 0 Å². The summed E-state index contributed by atoms with van der Waals surface area (Å²) in [7, 11) is 1.09. The number of phenolic OH excluding ortho intramolecular Hbond substituents is 1. The molecular formula is C19H32IN3O2S. The van der Waals surface area contributed by atoms with E-state index < -0.39 is 10.8 Å². The lowest BCUT2D eigenvalue weighted by atomic mass is 9.95. The van der Waals surface area contributed by atoms with Gasteiger partial charge in [0.2, 0.25) is 0 Å². The molecule has 3 N–H and O–H groups in total. The number of aryl methyl sites for hydroxylation is 1. The zero-order chi connectivity index (χ0) is 18.1. The van der Waals surface area contributed by atoms with Gasteiger partial charge < -0.3 is 15.7 Å². The van der Waals surface area contributed by atoms with Crippen LogP contribution in [0.2, 0.25) is 0 Å². The highest BCUT2D eigenvalue weighted by Gasteiger charge is 2.25. The van der Waals surface area contributed by atoms with Crippen LogP contribution in [0, 0.1) is 0 Å². The lowest BCUT2D eigenvalue weighted by molar-refractivity contribution is 0.413. The van der Waals surface area contributed by atoms with Crippen LogP contribution in [0.5, 0.6) is 5.75 Å². The van der Waals surface area contributed by atoms with Gasteiger partial charge in [0, 0.05) is 41.4 Å². The van der Waals surface area contributed by atoms with Gasteiger partial charge in [-0.3, -0.25) is 9.20 Å². The Morgan fingerprint density at radius 2 is 2.04 bits per heavy atom. The third-order valence-corrected chi connectivity index (χ3v) is 6.46. The highest BCUT2D eigenvalue weighted by Crippen LogP contribution is 2.23. The molecule has 3 unspecified atom stereocenters. The quantitative estimate of drug-likeness (QED) is 0.236. The van der Waals surface area contributed by atoms with E-state index in [1.165, 1.54) is 5.56 Å². The van der Waals surface area contributed by atoms with Gasteiger partial charge in [0.05, 0.1) is 0 Å². The molecule has 5 nitrogen and oxygen atoms in total. The molecule has 0 bridgehead atoms. The van der Waals surface area contributed by atoms with E-state index in [0.29, 0.717) is 17.0 Å². The second kappa shape index (κ2) is 12.5. The first-order valence-electron chi connectivity index (χ1n) is 9.24. The van der Waals surface area contributed by atoms with E-state index in [2.05, 4.69) is 15.6 Å². The summed E-state index contributed by atoms with van der Waals surface area (Å²) in [6.45, 7) is 2.85. The molecule has 7 heteroatoms. The fourth-order valence-corrected chi connectivity index (χ4v) is 4.65. The maximum absolute atomic E-state index is 12.1. The molecule has 0 aromatic heterocycles. The van der Waals surface area contributed by atoms with Crippen molar-refractivity contribution in [3.05, 3.63) is 29.8 Å². The zero-order valence-electron chi connectivity index (χ0n) is 15.7. The molecule has 0 spiro atoms. The fraction of sp³-hybridized carbons (Fsp3) is 0.632. The minimum atomic E-state index is -0.699. The third-order valence-electron chi connectivity index (χ3n) is 4.72. The van der Waals surface area contributed by atoms with Crippen LogP contribution in [-0.4, -0.2) is 45.9 Å². The molecule has 2 rings (SSSR count). The molecule has 0 amide bonds. The van der Waals surface area contributed by atoms with E-state index in [-0.39, 0.29) is 24.0 Å². The van der Waals surface area contributed by atoms with E-state index in [4.69, 9.17) is 0 Å². The number of halogens is 1. The van der Waals surface area contributed by atoms with Crippen molar-refractivity contribution < 1.29 is 9.32 Å². The van der Waals surface area contributed by atoms with E-state index in [1.807, 2.05) is 19.1 Å². The largest absolute Gasteiger partial charge is 0.508 e. The number of phenols is 1. The molecule has 1 fully saturated rings. The number of nitrogens with one attached hydrogen (secondary N) is 2. The van der Waals surface area contributed by atoms with Gasteiger partial charge >= 0.3 is 0 Å². The predicted molar refractivity (Wildman–Crippen MR) is 121 cm³/mol. The van der Waals surface area contributed by atoms with Crippen molar-refractivity contribution in [3.8, 4) is 5.75 Å². The van der Waals surface area contributed by atoms with E-state index in [1.54, 1.807) is 19.2 Å². The summed E-state index contributed by atoms with van der Waals surface area (Å²) in [4.78, 5) is 4.31. The zero-order valence-corrected chi connectivity index (χ0v) is 18.9. The van der Waals surface area contributed by atoms with Crippen molar-refractivity contribution in [2.45, 2.75) is 56.7 Å². The monoisotopic (exact) mass is 493 g/mol.